The molecule has 3 heteroatoms. The van der Waals surface area contributed by atoms with Gasteiger partial charge in [0.25, 0.3) is 0 Å². The van der Waals surface area contributed by atoms with E-state index in [4.69, 9.17) is 9.47 Å². The Morgan fingerprint density at radius 2 is 2.16 bits per heavy atom. The van der Waals surface area contributed by atoms with Crippen LogP contribution in [0.3, 0.4) is 0 Å². The molecular formula is C16H20O3. The minimum Gasteiger partial charge on any atom is -0.501 e. The summed E-state index contributed by atoms with van der Waals surface area (Å²) in [7, 11) is 1.67. The molecule has 0 saturated heterocycles. The third-order valence-corrected chi connectivity index (χ3v) is 4.24. The molecule has 102 valence electrons. The Kier molecular flexibility index (Phi) is 3.23. The largest absolute Gasteiger partial charge is 0.501 e. The zero-order valence-electron chi connectivity index (χ0n) is 11.3. The Balaban J connectivity index is 1.89. The van der Waals surface area contributed by atoms with Crippen LogP contribution in [0.2, 0.25) is 0 Å². The van der Waals surface area contributed by atoms with Gasteiger partial charge in [-0.3, -0.25) is 0 Å². The second kappa shape index (κ2) is 4.89. The average molecular weight is 260 g/mol. The summed E-state index contributed by atoms with van der Waals surface area (Å²) in [5, 5.41) is 10.9. The molecule has 0 spiro atoms. The highest BCUT2D eigenvalue weighted by Gasteiger charge is 2.36. The summed E-state index contributed by atoms with van der Waals surface area (Å²) < 4.78 is 10.7. The normalized spacial score (nSPS) is 26.1. The molecule has 1 aliphatic carbocycles. The van der Waals surface area contributed by atoms with E-state index in [2.05, 4.69) is 6.07 Å². The Morgan fingerprint density at radius 1 is 1.26 bits per heavy atom. The first kappa shape index (κ1) is 12.5. The van der Waals surface area contributed by atoms with Crippen LogP contribution in [0, 0.1) is 0 Å². The zero-order chi connectivity index (χ0) is 13.3. The van der Waals surface area contributed by atoms with Crippen molar-refractivity contribution in [2.24, 2.45) is 0 Å². The number of aliphatic hydroxyl groups is 1. The Labute approximate surface area is 113 Å². The lowest BCUT2D eigenvalue weighted by molar-refractivity contribution is 0.0490. The molecule has 1 unspecified atom stereocenters. The molecule has 2 aliphatic rings. The summed E-state index contributed by atoms with van der Waals surface area (Å²) in [6.45, 7) is 0.768. The Morgan fingerprint density at radius 3 is 2.89 bits per heavy atom. The van der Waals surface area contributed by atoms with Crippen molar-refractivity contribution in [3.8, 4) is 5.75 Å². The minimum atomic E-state index is -0.736. The van der Waals surface area contributed by atoms with Crippen LogP contribution in [0.4, 0.5) is 0 Å². The van der Waals surface area contributed by atoms with E-state index in [1.54, 1.807) is 13.4 Å². The standard InChI is InChI=1S/C16H20O3/c1-18-15-5-4-12-6-7-16(17,10-13(12)9-15)14-3-2-8-19-11-14/h4-5,9,11,17H,2-3,6-8,10H2,1H3. The molecule has 3 nitrogen and oxygen atoms in total. The van der Waals surface area contributed by atoms with Crippen LogP contribution in [0.15, 0.2) is 30.0 Å². The number of rotatable bonds is 2. The van der Waals surface area contributed by atoms with Gasteiger partial charge in [-0.05, 0) is 54.5 Å². The monoisotopic (exact) mass is 260 g/mol. The van der Waals surface area contributed by atoms with E-state index in [9.17, 15) is 5.11 Å². The van der Waals surface area contributed by atoms with Crippen molar-refractivity contribution in [2.45, 2.75) is 37.7 Å². The number of hydrogen-bond acceptors (Lipinski definition) is 3. The van der Waals surface area contributed by atoms with Gasteiger partial charge in [0.2, 0.25) is 0 Å². The molecule has 1 atom stereocenters. The summed E-state index contributed by atoms with van der Waals surface area (Å²) >= 11 is 0. The van der Waals surface area contributed by atoms with E-state index in [1.807, 2.05) is 12.1 Å². The molecule has 19 heavy (non-hydrogen) atoms. The molecule has 0 saturated carbocycles. The smallest absolute Gasteiger partial charge is 0.119 e. The SMILES string of the molecule is COc1ccc2c(c1)CC(O)(C1=COCCC1)CC2. The predicted octanol–water partition coefficient (Wildman–Crippen LogP) is 2.61. The zero-order valence-corrected chi connectivity index (χ0v) is 11.3. The van der Waals surface area contributed by atoms with Gasteiger partial charge in [-0.2, -0.15) is 0 Å². The maximum atomic E-state index is 10.9. The van der Waals surface area contributed by atoms with Crippen molar-refractivity contribution >= 4 is 0 Å². The second-order valence-corrected chi connectivity index (χ2v) is 5.46. The number of aryl methyl sites for hydroxylation is 1. The van der Waals surface area contributed by atoms with E-state index in [0.717, 1.165) is 43.6 Å². The summed E-state index contributed by atoms with van der Waals surface area (Å²) in [5.74, 6) is 0.858. The Hall–Kier alpha value is -1.48. The average Bonchev–Trinajstić information content (AvgIpc) is 2.47. The van der Waals surface area contributed by atoms with E-state index >= 15 is 0 Å². The van der Waals surface area contributed by atoms with Crippen molar-refractivity contribution < 1.29 is 14.6 Å². The fraction of sp³-hybridized carbons (Fsp3) is 0.500. The molecular weight excluding hydrogens is 240 g/mol. The van der Waals surface area contributed by atoms with Gasteiger partial charge in [0.1, 0.15) is 5.75 Å². The quantitative estimate of drug-likeness (QED) is 0.888. The number of benzene rings is 1. The maximum Gasteiger partial charge on any atom is 0.119 e. The van der Waals surface area contributed by atoms with Crippen LogP contribution in [0.1, 0.15) is 30.4 Å². The van der Waals surface area contributed by atoms with Gasteiger partial charge in [0, 0.05) is 6.42 Å². The summed E-state index contributed by atoms with van der Waals surface area (Å²) in [4.78, 5) is 0. The van der Waals surface area contributed by atoms with Crippen LogP contribution < -0.4 is 4.74 Å². The third kappa shape index (κ3) is 2.35. The second-order valence-electron chi connectivity index (χ2n) is 5.46. The molecule has 1 N–H and O–H groups in total. The van der Waals surface area contributed by atoms with Crippen molar-refractivity contribution in [3.05, 3.63) is 41.2 Å². The van der Waals surface area contributed by atoms with E-state index in [-0.39, 0.29) is 0 Å². The lowest BCUT2D eigenvalue weighted by Gasteiger charge is -2.36. The number of methoxy groups -OCH3 is 1. The lowest BCUT2D eigenvalue weighted by Crippen LogP contribution is -2.38. The van der Waals surface area contributed by atoms with Crippen LogP contribution in [0.5, 0.6) is 5.75 Å². The minimum absolute atomic E-state index is 0.661. The first-order chi connectivity index (χ1) is 9.21. The maximum absolute atomic E-state index is 10.9. The lowest BCUT2D eigenvalue weighted by atomic mass is 9.75. The highest BCUT2D eigenvalue weighted by Crippen LogP contribution is 2.37. The first-order valence-electron chi connectivity index (χ1n) is 6.90. The van der Waals surface area contributed by atoms with Gasteiger partial charge in [-0.25, -0.2) is 0 Å². The van der Waals surface area contributed by atoms with Crippen LogP contribution in [-0.4, -0.2) is 24.4 Å². The van der Waals surface area contributed by atoms with E-state index in [0.29, 0.717) is 6.42 Å². The molecule has 1 aliphatic heterocycles. The third-order valence-electron chi connectivity index (χ3n) is 4.24. The van der Waals surface area contributed by atoms with E-state index < -0.39 is 5.60 Å². The van der Waals surface area contributed by atoms with Gasteiger partial charge < -0.3 is 14.6 Å². The number of fused-ring (bicyclic) bond motifs is 1. The van der Waals surface area contributed by atoms with Gasteiger partial charge in [0.05, 0.1) is 25.6 Å². The van der Waals surface area contributed by atoms with Crippen LogP contribution in [0.25, 0.3) is 0 Å². The highest BCUT2D eigenvalue weighted by molar-refractivity contribution is 5.40. The van der Waals surface area contributed by atoms with Crippen LogP contribution >= 0.6 is 0 Å². The molecule has 0 fully saturated rings. The molecule has 1 heterocycles. The van der Waals surface area contributed by atoms with Crippen molar-refractivity contribution in [1.82, 2.24) is 0 Å². The molecule has 0 aromatic heterocycles. The number of ether oxygens (including phenoxy) is 2. The first-order valence-corrected chi connectivity index (χ1v) is 6.90. The van der Waals surface area contributed by atoms with Gasteiger partial charge in [-0.15, -0.1) is 0 Å². The van der Waals surface area contributed by atoms with Gasteiger partial charge in [-0.1, -0.05) is 6.07 Å². The summed E-state index contributed by atoms with van der Waals surface area (Å²) in [6, 6.07) is 6.15. The fourth-order valence-corrected chi connectivity index (χ4v) is 3.06. The molecule has 0 bridgehead atoms. The summed E-state index contributed by atoms with van der Waals surface area (Å²) in [5.41, 5.74) is 2.83. The molecule has 0 amide bonds. The van der Waals surface area contributed by atoms with Crippen LogP contribution in [-0.2, 0) is 17.6 Å². The predicted molar refractivity (Wildman–Crippen MR) is 73.2 cm³/mol. The van der Waals surface area contributed by atoms with Crippen molar-refractivity contribution in [2.75, 3.05) is 13.7 Å². The molecule has 0 radical (unpaired) electrons. The number of hydrogen-bond donors (Lipinski definition) is 1. The van der Waals surface area contributed by atoms with Crippen molar-refractivity contribution in [3.63, 3.8) is 0 Å². The molecule has 3 rings (SSSR count). The topological polar surface area (TPSA) is 38.7 Å². The van der Waals surface area contributed by atoms with Crippen molar-refractivity contribution in [1.29, 1.82) is 0 Å². The molecule has 1 aromatic carbocycles. The van der Waals surface area contributed by atoms with Gasteiger partial charge in [0.15, 0.2) is 0 Å². The fourth-order valence-electron chi connectivity index (χ4n) is 3.06. The highest BCUT2D eigenvalue weighted by atomic mass is 16.5. The van der Waals surface area contributed by atoms with Gasteiger partial charge >= 0.3 is 0 Å². The summed E-state index contributed by atoms with van der Waals surface area (Å²) in [6.07, 6.45) is 6.06. The van der Waals surface area contributed by atoms with E-state index in [1.165, 1.54) is 11.1 Å². The Bertz CT molecular complexity index is 507. The molecule has 1 aromatic rings.